The fourth-order valence-corrected chi connectivity index (χ4v) is 6.54. The molecule has 0 aliphatic heterocycles. The molecule has 3 aromatic rings. The standard InChI is InChI=1S/C22H24N4O3S3/c1-4-9-26-19(13-10-14(5-2)30-11-13)24-25-22(26)31-12-17(27)23-20-18(21(28)29-3)15-7-6-8-16(15)32-20/h4,10-11H,1,5-9,12H2,2-3H3,(H,23,27). The van der Waals surface area contributed by atoms with Crippen LogP contribution in [0.1, 0.15) is 39.0 Å². The topological polar surface area (TPSA) is 86.1 Å². The summed E-state index contributed by atoms with van der Waals surface area (Å²) in [5.41, 5.74) is 2.54. The SMILES string of the molecule is C=CCn1c(SCC(=O)Nc2sc3c(c2C(=O)OC)CCC3)nnc1-c1csc(CC)c1. The number of hydrogen-bond acceptors (Lipinski definition) is 8. The van der Waals surface area contributed by atoms with Crippen LogP contribution in [0.5, 0.6) is 0 Å². The largest absolute Gasteiger partial charge is 0.465 e. The van der Waals surface area contributed by atoms with Crippen LogP contribution in [0.2, 0.25) is 0 Å². The van der Waals surface area contributed by atoms with Gasteiger partial charge < -0.3 is 10.1 Å². The molecule has 4 rings (SSSR count). The Labute approximate surface area is 198 Å². The van der Waals surface area contributed by atoms with Crippen molar-refractivity contribution in [1.29, 1.82) is 0 Å². The second-order valence-corrected chi connectivity index (χ2v) is 10.3. The number of rotatable bonds is 9. The summed E-state index contributed by atoms with van der Waals surface area (Å²) in [6.45, 7) is 6.51. The number of hydrogen-bond donors (Lipinski definition) is 1. The van der Waals surface area contributed by atoms with Crippen LogP contribution in [-0.4, -0.2) is 39.5 Å². The molecule has 168 valence electrons. The van der Waals surface area contributed by atoms with E-state index in [2.05, 4.69) is 40.5 Å². The maximum absolute atomic E-state index is 12.7. The van der Waals surface area contributed by atoms with Crippen molar-refractivity contribution in [3.8, 4) is 11.4 Å². The van der Waals surface area contributed by atoms with Crippen LogP contribution in [0.4, 0.5) is 5.00 Å². The number of amides is 1. The molecule has 0 unspecified atom stereocenters. The Morgan fingerprint density at radius 2 is 2.22 bits per heavy atom. The number of aromatic nitrogens is 3. The number of allylic oxidation sites excluding steroid dienone is 1. The lowest BCUT2D eigenvalue weighted by Crippen LogP contribution is -2.16. The quantitative estimate of drug-likeness (QED) is 0.264. The molecule has 1 N–H and O–H groups in total. The summed E-state index contributed by atoms with van der Waals surface area (Å²) in [6, 6.07) is 2.12. The summed E-state index contributed by atoms with van der Waals surface area (Å²) in [4.78, 5) is 27.4. The fourth-order valence-electron chi connectivity index (χ4n) is 3.69. The summed E-state index contributed by atoms with van der Waals surface area (Å²) in [5.74, 6) is 0.331. The summed E-state index contributed by atoms with van der Waals surface area (Å²) in [6.07, 6.45) is 5.57. The first-order valence-electron chi connectivity index (χ1n) is 10.3. The van der Waals surface area contributed by atoms with Gasteiger partial charge in [-0.3, -0.25) is 9.36 Å². The molecule has 1 amide bonds. The van der Waals surface area contributed by atoms with Crippen molar-refractivity contribution in [3.05, 3.63) is 45.0 Å². The van der Waals surface area contributed by atoms with Gasteiger partial charge in [-0.25, -0.2) is 4.79 Å². The van der Waals surface area contributed by atoms with Crippen molar-refractivity contribution in [3.63, 3.8) is 0 Å². The van der Waals surface area contributed by atoms with E-state index in [4.69, 9.17) is 4.74 Å². The monoisotopic (exact) mass is 488 g/mol. The van der Waals surface area contributed by atoms with Crippen LogP contribution in [0.25, 0.3) is 11.4 Å². The van der Waals surface area contributed by atoms with E-state index in [1.165, 1.54) is 35.1 Å². The van der Waals surface area contributed by atoms with Gasteiger partial charge in [0, 0.05) is 27.2 Å². The Morgan fingerprint density at radius 1 is 1.38 bits per heavy atom. The number of fused-ring (bicyclic) bond motifs is 1. The summed E-state index contributed by atoms with van der Waals surface area (Å²) < 4.78 is 6.91. The van der Waals surface area contributed by atoms with Crippen LogP contribution >= 0.6 is 34.4 Å². The first-order valence-corrected chi connectivity index (χ1v) is 13.0. The van der Waals surface area contributed by atoms with Crippen molar-refractivity contribution >= 4 is 51.3 Å². The number of carbonyl (C=O) groups excluding carboxylic acids is 2. The number of esters is 1. The first kappa shape index (κ1) is 22.8. The molecule has 0 fully saturated rings. The van der Waals surface area contributed by atoms with Gasteiger partial charge >= 0.3 is 5.97 Å². The summed E-state index contributed by atoms with van der Waals surface area (Å²) in [5, 5.41) is 14.9. The van der Waals surface area contributed by atoms with Crippen LogP contribution in [-0.2, 0) is 35.3 Å². The molecule has 1 aliphatic carbocycles. The molecule has 10 heteroatoms. The zero-order chi connectivity index (χ0) is 22.7. The van der Waals surface area contributed by atoms with Crippen LogP contribution in [0, 0.1) is 0 Å². The number of methoxy groups -OCH3 is 1. The highest BCUT2D eigenvalue weighted by atomic mass is 32.2. The van der Waals surface area contributed by atoms with Crippen LogP contribution in [0.15, 0.2) is 29.3 Å². The number of carbonyl (C=O) groups is 2. The fraction of sp³-hybridized carbons (Fsp3) is 0.364. The Hall–Kier alpha value is -2.43. The Kier molecular flexibility index (Phi) is 7.12. The third-order valence-electron chi connectivity index (χ3n) is 5.19. The van der Waals surface area contributed by atoms with Crippen molar-refractivity contribution < 1.29 is 14.3 Å². The Balaban J connectivity index is 1.48. The number of aryl methyl sites for hydroxylation is 2. The third-order valence-corrected chi connectivity index (χ3v) is 8.44. The van der Waals surface area contributed by atoms with E-state index in [9.17, 15) is 9.59 Å². The van der Waals surface area contributed by atoms with E-state index in [1.807, 2.05) is 4.57 Å². The highest BCUT2D eigenvalue weighted by Gasteiger charge is 2.28. The molecule has 0 saturated carbocycles. The third kappa shape index (κ3) is 4.53. The lowest BCUT2D eigenvalue weighted by molar-refractivity contribution is -0.113. The minimum absolute atomic E-state index is 0.155. The van der Waals surface area contributed by atoms with Crippen molar-refractivity contribution in [2.24, 2.45) is 0 Å². The van der Waals surface area contributed by atoms with Gasteiger partial charge in [-0.2, -0.15) is 0 Å². The first-order chi connectivity index (χ1) is 15.5. The van der Waals surface area contributed by atoms with Crippen molar-refractivity contribution in [2.45, 2.75) is 44.3 Å². The molecular weight excluding hydrogens is 464 g/mol. The highest BCUT2D eigenvalue weighted by molar-refractivity contribution is 7.99. The van der Waals surface area contributed by atoms with E-state index in [0.717, 1.165) is 47.5 Å². The number of thiophene rings is 2. The molecule has 0 aromatic carbocycles. The van der Waals surface area contributed by atoms with E-state index in [0.29, 0.717) is 22.3 Å². The minimum Gasteiger partial charge on any atom is -0.465 e. The zero-order valence-corrected chi connectivity index (χ0v) is 20.4. The van der Waals surface area contributed by atoms with Gasteiger partial charge in [-0.15, -0.1) is 39.4 Å². The average Bonchev–Trinajstić information content (AvgIpc) is 3.55. The smallest absolute Gasteiger partial charge is 0.341 e. The summed E-state index contributed by atoms with van der Waals surface area (Å²) >= 11 is 4.49. The van der Waals surface area contributed by atoms with Crippen molar-refractivity contribution in [2.75, 3.05) is 18.2 Å². The van der Waals surface area contributed by atoms with Crippen LogP contribution in [0.3, 0.4) is 0 Å². The lowest BCUT2D eigenvalue weighted by Gasteiger charge is -2.08. The van der Waals surface area contributed by atoms with Crippen LogP contribution < -0.4 is 5.32 Å². The van der Waals surface area contributed by atoms with E-state index < -0.39 is 5.97 Å². The van der Waals surface area contributed by atoms with E-state index >= 15 is 0 Å². The molecule has 0 bridgehead atoms. The molecule has 32 heavy (non-hydrogen) atoms. The highest BCUT2D eigenvalue weighted by Crippen LogP contribution is 2.39. The molecule has 7 nitrogen and oxygen atoms in total. The van der Waals surface area contributed by atoms with Gasteiger partial charge in [0.15, 0.2) is 11.0 Å². The number of nitrogens with one attached hydrogen (secondary N) is 1. The Morgan fingerprint density at radius 3 is 2.94 bits per heavy atom. The molecule has 0 spiro atoms. The zero-order valence-electron chi connectivity index (χ0n) is 18.0. The van der Waals surface area contributed by atoms with E-state index in [1.54, 1.807) is 17.4 Å². The molecule has 3 aromatic heterocycles. The lowest BCUT2D eigenvalue weighted by atomic mass is 10.1. The number of thioether (sulfide) groups is 1. The van der Waals surface area contributed by atoms with Gasteiger partial charge in [-0.1, -0.05) is 24.8 Å². The molecule has 1 aliphatic rings. The van der Waals surface area contributed by atoms with Gasteiger partial charge in [-0.05, 0) is 37.3 Å². The van der Waals surface area contributed by atoms with Gasteiger partial charge in [0.1, 0.15) is 5.00 Å². The maximum Gasteiger partial charge on any atom is 0.341 e. The Bertz CT molecular complexity index is 1160. The molecule has 0 saturated heterocycles. The number of anilines is 1. The van der Waals surface area contributed by atoms with E-state index in [-0.39, 0.29) is 11.7 Å². The van der Waals surface area contributed by atoms with Gasteiger partial charge in [0.2, 0.25) is 5.91 Å². The second kappa shape index (κ2) is 10.0. The predicted octanol–water partition coefficient (Wildman–Crippen LogP) is 4.82. The predicted molar refractivity (Wildman–Crippen MR) is 130 cm³/mol. The minimum atomic E-state index is -0.398. The molecular formula is C22H24N4O3S3. The maximum atomic E-state index is 12.7. The molecule has 3 heterocycles. The molecule has 0 atom stereocenters. The number of ether oxygens (including phenoxy) is 1. The molecule has 0 radical (unpaired) electrons. The normalized spacial score (nSPS) is 12.6. The summed E-state index contributed by atoms with van der Waals surface area (Å²) in [7, 11) is 1.36. The number of nitrogens with zero attached hydrogens (tertiary/aromatic N) is 3. The second-order valence-electron chi connectivity index (χ2n) is 7.25. The van der Waals surface area contributed by atoms with Crippen molar-refractivity contribution in [1.82, 2.24) is 14.8 Å². The van der Waals surface area contributed by atoms with Gasteiger partial charge in [0.05, 0.1) is 18.4 Å². The van der Waals surface area contributed by atoms with Gasteiger partial charge in [0.25, 0.3) is 0 Å². The average molecular weight is 489 g/mol.